The average Bonchev–Trinajstić information content (AvgIpc) is 2.46. The Hall–Kier alpha value is -1.74. The summed E-state index contributed by atoms with van der Waals surface area (Å²) in [4.78, 5) is 12.3. The number of carboxylic acids is 1. The number of carboxylic acid groups (broad SMARTS) is 1. The average molecular weight is 328 g/mol. The number of benzene rings is 1. The SMILES string of the molecule is CC1=C(/C=C/C(C)=C/c2ccc(C(=O)O)cc2)C(C)(C)CCS1. The molecular formula is C20H24O2S. The van der Waals surface area contributed by atoms with Crippen molar-refractivity contribution in [3.05, 3.63) is 63.6 Å². The van der Waals surface area contributed by atoms with Gasteiger partial charge in [0.05, 0.1) is 5.56 Å². The van der Waals surface area contributed by atoms with Crippen molar-refractivity contribution in [3.8, 4) is 0 Å². The van der Waals surface area contributed by atoms with Crippen molar-refractivity contribution in [2.75, 3.05) is 5.75 Å². The third-order valence-electron chi connectivity index (χ3n) is 4.22. The molecule has 0 saturated heterocycles. The second-order valence-corrected chi connectivity index (χ2v) is 7.91. The lowest BCUT2D eigenvalue weighted by molar-refractivity contribution is 0.0697. The molecule has 1 aromatic carbocycles. The summed E-state index contributed by atoms with van der Waals surface area (Å²) in [6.45, 7) is 8.88. The summed E-state index contributed by atoms with van der Waals surface area (Å²) in [6.07, 6.45) is 7.66. The van der Waals surface area contributed by atoms with E-state index in [0.29, 0.717) is 5.56 Å². The predicted octanol–water partition coefficient (Wildman–Crippen LogP) is 5.78. The molecule has 0 aromatic heterocycles. The van der Waals surface area contributed by atoms with Gasteiger partial charge < -0.3 is 5.11 Å². The maximum atomic E-state index is 10.9. The van der Waals surface area contributed by atoms with Crippen molar-refractivity contribution in [1.82, 2.24) is 0 Å². The quantitative estimate of drug-likeness (QED) is 0.712. The fourth-order valence-electron chi connectivity index (χ4n) is 2.74. The Morgan fingerprint density at radius 3 is 2.48 bits per heavy atom. The van der Waals surface area contributed by atoms with E-state index in [1.165, 1.54) is 22.7 Å². The lowest BCUT2D eigenvalue weighted by Gasteiger charge is -2.32. The molecule has 0 aliphatic carbocycles. The number of carbonyl (C=O) groups is 1. The molecule has 3 heteroatoms. The van der Waals surface area contributed by atoms with E-state index in [0.717, 1.165) is 11.1 Å². The van der Waals surface area contributed by atoms with Gasteiger partial charge in [-0.1, -0.05) is 49.8 Å². The summed E-state index contributed by atoms with van der Waals surface area (Å²) >= 11 is 1.94. The highest BCUT2D eigenvalue weighted by molar-refractivity contribution is 8.03. The first-order valence-electron chi connectivity index (χ1n) is 7.83. The Kier molecular flexibility index (Phi) is 5.53. The van der Waals surface area contributed by atoms with Crippen LogP contribution in [0.1, 0.15) is 50.0 Å². The fourth-order valence-corrected chi connectivity index (χ4v) is 4.16. The van der Waals surface area contributed by atoms with Crippen LogP contribution in [0.5, 0.6) is 0 Å². The predicted molar refractivity (Wildman–Crippen MR) is 99.7 cm³/mol. The fraction of sp³-hybridized carbons (Fsp3) is 0.350. The first kappa shape index (κ1) is 17.6. The van der Waals surface area contributed by atoms with Crippen LogP contribution in [-0.4, -0.2) is 16.8 Å². The van der Waals surface area contributed by atoms with Crippen molar-refractivity contribution < 1.29 is 9.90 Å². The maximum Gasteiger partial charge on any atom is 0.335 e. The van der Waals surface area contributed by atoms with Crippen LogP contribution in [0.25, 0.3) is 6.08 Å². The molecule has 0 saturated carbocycles. The Morgan fingerprint density at radius 2 is 1.91 bits per heavy atom. The Labute approximate surface area is 143 Å². The number of thioether (sulfide) groups is 1. The van der Waals surface area contributed by atoms with Crippen LogP contribution in [0.2, 0.25) is 0 Å². The van der Waals surface area contributed by atoms with Crippen molar-refractivity contribution in [2.24, 2.45) is 5.41 Å². The molecule has 2 rings (SSSR count). The van der Waals surface area contributed by atoms with Gasteiger partial charge in [0.25, 0.3) is 0 Å². The van der Waals surface area contributed by atoms with E-state index >= 15 is 0 Å². The standard InChI is InChI=1S/C20H24O2S/c1-14(13-16-6-8-17(9-7-16)19(21)22)5-10-18-15(2)23-12-11-20(18,3)4/h5-10,13H,11-12H2,1-4H3,(H,21,22)/b10-5+,14-13+. The number of rotatable bonds is 4. The van der Waals surface area contributed by atoms with Crippen LogP contribution >= 0.6 is 11.8 Å². The number of hydrogen-bond donors (Lipinski definition) is 1. The van der Waals surface area contributed by atoms with Crippen LogP contribution < -0.4 is 0 Å². The second-order valence-electron chi connectivity index (χ2n) is 6.60. The van der Waals surface area contributed by atoms with Gasteiger partial charge in [-0.2, -0.15) is 0 Å². The van der Waals surface area contributed by atoms with Crippen molar-refractivity contribution >= 4 is 23.8 Å². The molecule has 1 aromatic rings. The van der Waals surface area contributed by atoms with Crippen LogP contribution in [0.3, 0.4) is 0 Å². The second kappa shape index (κ2) is 7.22. The van der Waals surface area contributed by atoms with Crippen LogP contribution in [-0.2, 0) is 0 Å². The number of hydrogen-bond acceptors (Lipinski definition) is 2. The van der Waals surface area contributed by atoms with Crippen LogP contribution in [0.4, 0.5) is 0 Å². The van der Waals surface area contributed by atoms with E-state index in [1.54, 1.807) is 12.1 Å². The smallest absolute Gasteiger partial charge is 0.335 e. The summed E-state index contributed by atoms with van der Waals surface area (Å²) < 4.78 is 0. The van der Waals surface area contributed by atoms with Gasteiger partial charge in [0, 0.05) is 0 Å². The van der Waals surface area contributed by atoms with E-state index in [-0.39, 0.29) is 5.41 Å². The molecule has 1 N–H and O–H groups in total. The molecule has 0 atom stereocenters. The highest BCUT2D eigenvalue weighted by Crippen LogP contribution is 2.42. The third kappa shape index (κ3) is 4.61. The molecule has 0 spiro atoms. The molecule has 0 amide bonds. The minimum absolute atomic E-state index is 0.231. The topological polar surface area (TPSA) is 37.3 Å². The van der Waals surface area contributed by atoms with Gasteiger partial charge in [0.1, 0.15) is 0 Å². The zero-order valence-corrected chi connectivity index (χ0v) is 15.0. The summed E-state index contributed by atoms with van der Waals surface area (Å²) in [5.41, 5.74) is 4.13. The van der Waals surface area contributed by atoms with Gasteiger partial charge in [-0.15, -0.1) is 11.8 Å². The highest BCUT2D eigenvalue weighted by Gasteiger charge is 2.26. The van der Waals surface area contributed by atoms with E-state index in [4.69, 9.17) is 5.11 Å². The zero-order valence-electron chi connectivity index (χ0n) is 14.2. The Bertz CT molecular complexity index is 676. The van der Waals surface area contributed by atoms with Gasteiger partial charge in [0.15, 0.2) is 0 Å². The molecule has 1 heterocycles. The highest BCUT2D eigenvalue weighted by atomic mass is 32.2. The van der Waals surface area contributed by atoms with Gasteiger partial charge in [-0.05, 0) is 59.6 Å². The minimum atomic E-state index is -0.892. The first-order chi connectivity index (χ1) is 10.8. The third-order valence-corrected chi connectivity index (χ3v) is 5.28. The van der Waals surface area contributed by atoms with Gasteiger partial charge >= 0.3 is 5.97 Å². The monoisotopic (exact) mass is 328 g/mol. The Morgan fingerprint density at radius 1 is 1.26 bits per heavy atom. The largest absolute Gasteiger partial charge is 0.478 e. The Balaban J connectivity index is 2.17. The van der Waals surface area contributed by atoms with Crippen molar-refractivity contribution in [3.63, 3.8) is 0 Å². The molecule has 23 heavy (non-hydrogen) atoms. The molecule has 0 fully saturated rings. The zero-order chi connectivity index (χ0) is 17.0. The van der Waals surface area contributed by atoms with Crippen LogP contribution in [0, 0.1) is 5.41 Å². The van der Waals surface area contributed by atoms with E-state index < -0.39 is 5.97 Å². The first-order valence-corrected chi connectivity index (χ1v) is 8.82. The van der Waals surface area contributed by atoms with E-state index in [9.17, 15) is 4.79 Å². The lowest BCUT2D eigenvalue weighted by Crippen LogP contribution is -2.19. The summed E-state index contributed by atoms with van der Waals surface area (Å²) in [6, 6.07) is 6.95. The number of allylic oxidation sites excluding steroid dienone is 5. The minimum Gasteiger partial charge on any atom is -0.478 e. The summed E-state index contributed by atoms with van der Waals surface area (Å²) in [5, 5.41) is 8.93. The molecule has 2 nitrogen and oxygen atoms in total. The summed E-state index contributed by atoms with van der Waals surface area (Å²) in [7, 11) is 0. The van der Waals surface area contributed by atoms with Crippen LogP contribution in [0.15, 0.2) is 52.5 Å². The lowest BCUT2D eigenvalue weighted by atomic mass is 9.80. The molecule has 0 bridgehead atoms. The van der Waals surface area contributed by atoms with Crippen molar-refractivity contribution in [1.29, 1.82) is 0 Å². The summed E-state index contributed by atoms with van der Waals surface area (Å²) in [5.74, 6) is 0.303. The van der Waals surface area contributed by atoms with E-state index in [2.05, 4.69) is 45.9 Å². The van der Waals surface area contributed by atoms with E-state index in [1.807, 2.05) is 23.9 Å². The molecule has 1 aliphatic rings. The van der Waals surface area contributed by atoms with Crippen molar-refractivity contribution in [2.45, 2.75) is 34.1 Å². The molecule has 0 radical (unpaired) electrons. The number of aromatic carboxylic acids is 1. The van der Waals surface area contributed by atoms with Gasteiger partial charge in [0.2, 0.25) is 0 Å². The molecular weight excluding hydrogens is 304 g/mol. The maximum absolute atomic E-state index is 10.9. The molecule has 1 aliphatic heterocycles. The molecule has 0 unspecified atom stereocenters. The normalized spacial score (nSPS) is 18.5. The molecule has 122 valence electrons. The van der Waals surface area contributed by atoms with Gasteiger partial charge in [-0.3, -0.25) is 0 Å². The van der Waals surface area contributed by atoms with Gasteiger partial charge in [-0.25, -0.2) is 4.79 Å².